The second-order valence-electron chi connectivity index (χ2n) is 4.83. The van der Waals surface area contributed by atoms with Crippen molar-refractivity contribution in [2.24, 2.45) is 0 Å². The van der Waals surface area contributed by atoms with Crippen molar-refractivity contribution in [3.8, 4) is 0 Å². The molecule has 3 heterocycles. The Kier molecular flexibility index (Phi) is 3.63. The van der Waals surface area contributed by atoms with Crippen LogP contribution in [0.4, 0.5) is 11.9 Å². The highest BCUT2D eigenvalue weighted by Gasteiger charge is 2.23. The summed E-state index contributed by atoms with van der Waals surface area (Å²) >= 11 is 0. The van der Waals surface area contributed by atoms with Crippen molar-refractivity contribution in [3.63, 3.8) is 0 Å². The lowest BCUT2D eigenvalue weighted by molar-refractivity contribution is 0.0921. The zero-order chi connectivity index (χ0) is 14.7. The summed E-state index contributed by atoms with van der Waals surface area (Å²) in [7, 11) is 0. The van der Waals surface area contributed by atoms with Crippen molar-refractivity contribution in [2.45, 2.75) is 18.9 Å². The number of aromatic nitrogens is 5. The van der Waals surface area contributed by atoms with E-state index in [-0.39, 0.29) is 23.7 Å². The molecule has 0 radical (unpaired) electrons. The van der Waals surface area contributed by atoms with Gasteiger partial charge in [-0.1, -0.05) is 0 Å². The van der Waals surface area contributed by atoms with E-state index in [1.54, 1.807) is 18.5 Å². The van der Waals surface area contributed by atoms with Crippen LogP contribution in [0.25, 0.3) is 0 Å². The third-order valence-electron chi connectivity index (χ3n) is 3.38. The number of amides is 1. The van der Waals surface area contributed by atoms with Gasteiger partial charge in [-0.3, -0.25) is 9.89 Å². The number of carbonyl (C=O) groups is 1. The highest BCUT2D eigenvalue weighted by Crippen LogP contribution is 2.15. The van der Waals surface area contributed by atoms with E-state index in [0.29, 0.717) is 0 Å². The first-order valence-electron chi connectivity index (χ1n) is 6.73. The minimum Gasteiger partial charge on any atom is -0.366 e. The van der Waals surface area contributed by atoms with Crippen molar-refractivity contribution in [2.75, 3.05) is 23.7 Å². The van der Waals surface area contributed by atoms with E-state index < -0.39 is 0 Å². The fraction of sp³-hybridized carbons (Fsp3) is 0.417. The Hall–Kier alpha value is -2.71. The average Bonchev–Trinajstić information content (AvgIpc) is 2.96. The molecule has 110 valence electrons. The Bertz CT molecular complexity index is 605. The number of aromatic amines is 1. The van der Waals surface area contributed by atoms with E-state index >= 15 is 0 Å². The minimum atomic E-state index is -0.284. The molecule has 0 atom stereocenters. The number of hydrogen-bond acceptors (Lipinski definition) is 7. The van der Waals surface area contributed by atoms with E-state index in [2.05, 4.69) is 35.4 Å². The molecule has 1 amide bonds. The third-order valence-corrected chi connectivity index (χ3v) is 3.38. The SMILES string of the molecule is Nc1n[nH]c(C(=O)NC2CCN(c3ncccn3)CC2)n1. The summed E-state index contributed by atoms with van der Waals surface area (Å²) in [5.74, 6) is 0.649. The van der Waals surface area contributed by atoms with Gasteiger partial charge in [0, 0.05) is 31.5 Å². The summed E-state index contributed by atoms with van der Waals surface area (Å²) in [6.07, 6.45) is 5.11. The molecule has 3 rings (SSSR count). The van der Waals surface area contributed by atoms with Gasteiger partial charge in [-0.2, -0.15) is 4.98 Å². The number of piperidine rings is 1. The van der Waals surface area contributed by atoms with Gasteiger partial charge < -0.3 is 16.0 Å². The molecule has 2 aromatic heterocycles. The molecule has 0 spiro atoms. The number of carbonyl (C=O) groups excluding carboxylic acids is 1. The van der Waals surface area contributed by atoms with Gasteiger partial charge in [0.2, 0.25) is 17.7 Å². The van der Waals surface area contributed by atoms with Gasteiger partial charge in [0.15, 0.2) is 0 Å². The fourth-order valence-electron chi connectivity index (χ4n) is 2.31. The number of nitrogens with one attached hydrogen (secondary N) is 2. The number of nitrogen functional groups attached to an aromatic ring is 1. The zero-order valence-electron chi connectivity index (χ0n) is 11.4. The summed E-state index contributed by atoms with van der Waals surface area (Å²) in [4.78, 5) is 26.3. The lowest BCUT2D eigenvalue weighted by atomic mass is 10.1. The van der Waals surface area contributed by atoms with Crippen LogP contribution in [-0.4, -0.2) is 50.2 Å². The van der Waals surface area contributed by atoms with E-state index in [0.717, 1.165) is 31.9 Å². The molecule has 1 fully saturated rings. The normalized spacial score (nSPS) is 15.9. The Morgan fingerprint density at radius 1 is 1.33 bits per heavy atom. The number of rotatable bonds is 3. The lowest BCUT2D eigenvalue weighted by Crippen LogP contribution is -2.45. The summed E-state index contributed by atoms with van der Waals surface area (Å²) < 4.78 is 0. The Balaban J connectivity index is 1.53. The summed E-state index contributed by atoms with van der Waals surface area (Å²) in [5.41, 5.74) is 5.38. The molecule has 1 saturated heterocycles. The Labute approximate surface area is 121 Å². The molecule has 0 unspecified atom stereocenters. The van der Waals surface area contributed by atoms with E-state index in [4.69, 9.17) is 5.73 Å². The van der Waals surface area contributed by atoms with Crippen LogP contribution in [0.2, 0.25) is 0 Å². The molecule has 2 aromatic rings. The molecule has 1 aliphatic rings. The Morgan fingerprint density at radius 2 is 2.05 bits per heavy atom. The highest BCUT2D eigenvalue weighted by atomic mass is 16.2. The largest absolute Gasteiger partial charge is 0.366 e. The number of H-pyrrole nitrogens is 1. The van der Waals surface area contributed by atoms with Gasteiger partial charge in [-0.15, -0.1) is 5.10 Å². The van der Waals surface area contributed by atoms with Crippen LogP contribution in [0, 0.1) is 0 Å². The molecule has 1 aliphatic heterocycles. The van der Waals surface area contributed by atoms with Gasteiger partial charge in [0.1, 0.15) is 0 Å². The predicted molar refractivity (Wildman–Crippen MR) is 75.5 cm³/mol. The quantitative estimate of drug-likeness (QED) is 0.700. The van der Waals surface area contributed by atoms with Crippen LogP contribution in [0.5, 0.6) is 0 Å². The van der Waals surface area contributed by atoms with Crippen LogP contribution in [0.3, 0.4) is 0 Å². The third kappa shape index (κ3) is 3.07. The second kappa shape index (κ2) is 5.73. The molecule has 0 aliphatic carbocycles. The van der Waals surface area contributed by atoms with E-state index in [9.17, 15) is 4.79 Å². The lowest BCUT2D eigenvalue weighted by Gasteiger charge is -2.32. The number of anilines is 2. The van der Waals surface area contributed by atoms with Crippen LogP contribution in [0.1, 0.15) is 23.5 Å². The standard InChI is InChI=1S/C12H16N8O/c13-11-17-9(18-19-11)10(21)16-8-2-6-20(7-3-8)12-14-4-1-5-15-12/h1,4-5,8H,2-3,6-7H2,(H,16,21)(H3,13,17,18,19). The molecule has 0 bridgehead atoms. The first-order valence-corrected chi connectivity index (χ1v) is 6.73. The van der Waals surface area contributed by atoms with Crippen LogP contribution < -0.4 is 16.0 Å². The zero-order valence-corrected chi connectivity index (χ0v) is 11.4. The summed E-state index contributed by atoms with van der Waals surface area (Å²) in [6, 6.07) is 1.89. The predicted octanol–water partition coefficient (Wildman–Crippen LogP) is -0.424. The smallest absolute Gasteiger partial charge is 0.288 e. The van der Waals surface area contributed by atoms with Gasteiger partial charge in [-0.25, -0.2) is 9.97 Å². The van der Waals surface area contributed by atoms with Crippen LogP contribution >= 0.6 is 0 Å². The fourth-order valence-corrected chi connectivity index (χ4v) is 2.31. The minimum absolute atomic E-state index is 0.0659. The first kappa shape index (κ1) is 13.3. The topological polar surface area (TPSA) is 126 Å². The maximum Gasteiger partial charge on any atom is 0.288 e. The van der Waals surface area contributed by atoms with Crippen molar-refractivity contribution in [3.05, 3.63) is 24.3 Å². The highest BCUT2D eigenvalue weighted by molar-refractivity contribution is 5.90. The molecule has 0 saturated carbocycles. The van der Waals surface area contributed by atoms with Gasteiger partial charge >= 0.3 is 0 Å². The number of nitrogens with zero attached hydrogens (tertiary/aromatic N) is 5. The molecule has 4 N–H and O–H groups in total. The van der Waals surface area contributed by atoms with Crippen molar-refractivity contribution in [1.29, 1.82) is 0 Å². The monoisotopic (exact) mass is 288 g/mol. The van der Waals surface area contributed by atoms with Crippen molar-refractivity contribution < 1.29 is 4.79 Å². The number of nitrogens with two attached hydrogens (primary N) is 1. The first-order chi connectivity index (χ1) is 10.2. The van der Waals surface area contributed by atoms with Crippen molar-refractivity contribution >= 4 is 17.8 Å². The molecule has 9 nitrogen and oxygen atoms in total. The van der Waals surface area contributed by atoms with Crippen LogP contribution in [-0.2, 0) is 0 Å². The Morgan fingerprint density at radius 3 is 2.67 bits per heavy atom. The molecule has 21 heavy (non-hydrogen) atoms. The summed E-state index contributed by atoms with van der Waals surface area (Å²) in [6.45, 7) is 1.60. The maximum atomic E-state index is 11.9. The van der Waals surface area contributed by atoms with Crippen LogP contribution in [0.15, 0.2) is 18.5 Å². The molecular formula is C12H16N8O. The number of hydrogen-bond donors (Lipinski definition) is 3. The van der Waals surface area contributed by atoms with E-state index in [1.807, 2.05) is 0 Å². The molecule has 9 heteroatoms. The van der Waals surface area contributed by atoms with Crippen molar-refractivity contribution in [1.82, 2.24) is 30.5 Å². The van der Waals surface area contributed by atoms with Gasteiger partial charge in [-0.05, 0) is 18.9 Å². The summed E-state index contributed by atoms with van der Waals surface area (Å²) in [5, 5.41) is 9.06. The molecule has 0 aromatic carbocycles. The average molecular weight is 288 g/mol. The molecular weight excluding hydrogens is 272 g/mol. The second-order valence-corrected chi connectivity index (χ2v) is 4.83. The van der Waals surface area contributed by atoms with Gasteiger partial charge in [0.05, 0.1) is 0 Å². The maximum absolute atomic E-state index is 11.9. The van der Waals surface area contributed by atoms with E-state index in [1.165, 1.54) is 0 Å². The van der Waals surface area contributed by atoms with Gasteiger partial charge in [0.25, 0.3) is 5.91 Å².